The van der Waals surface area contributed by atoms with Gasteiger partial charge in [-0.05, 0) is 42.9 Å². The summed E-state index contributed by atoms with van der Waals surface area (Å²) in [6.07, 6.45) is 7.91. The van der Waals surface area contributed by atoms with Crippen molar-refractivity contribution in [1.29, 1.82) is 0 Å². The maximum atomic E-state index is 12.4. The summed E-state index contributed by atoms with van der Waals surface area (Å²) in [6.45, 7) is 0. The van der Waals surface area contributed by atoms with Crippen molar-refractivity contribution < 1.29 is 4.79 Å². The topological polar surface area (TPSA) is 29.1 Å². The molecule has 0 bridgehead atoms. The van der Waals surface area contributed by atoms with Crippen LogP contribution in [0.1, 0.15) is 30.4 Å². The summed E-state index contributed by atoms with van der Waals surface area (Å²) in [4.78, 5) is 12.4. The third-order valence-electron chi connectivity index (χ3n) is 4.15. The maximum absolute atomic E-state index is 12.4. The Bertz CT molecular complexity index is 660. The summed E-state index contributed by atoms with van der Waals surface area (Å²) >= 11 is 0. The van der Waals surface area contributed by atoms with Gasteiger partial charge in [-0.2, -0.15) is 0 Å². The molecule has 2 aromatic carbocycles. The number of nitrogens with one attached hydrogen (secondary N) is 1. The lowest BCUT2D eigenvalue weighted by atomic mass is 9.93. The average Bonchev–Trinajstić information content (AvgIpc) is 2.58. The molecule has 1 amide bonds. The van der Waals surface area contributed by atoms with E-state index in [1.165, 1.54) is 5.56 Å². The van der Waals surface area contributed by atoms with Gasteiger partial charge < -0.3 is 5.32 Å². The molecular formula is C20H21NO. The molecule has 112 valence electrons. The Kier molecular flexibility index (Phi) is 4.69. The van der Waals surface area contributed by atoms with Crippen LogP contribution in [-0.4, -0.2) is 5.91 Å². The van der Waals surface area contributed by atoms with E-state index in [-0.39, 0.29) is 11.8 Å². The molecule has 0 spiro atoms. The van der Waals surface area contributed by atoms with Crippen molar-refractivity contribution >= 4 is 11.6 Å². The zero-order valence-electron chi connectivity index (χ0n) is 12.7. The summed E-state index contributed by atoms with van der Waals surface area (Å²) < 4.78 is 0. The molecule has 0 saturated heterocycles. The largest absolute Gasteiger partial charge is 0.326 e. The molecule has 0 saturated carbocycles. The number of carbonyl (C=O) groups is 1. The van der Waals surface area contributed by atoms with Crippen LogP contribution in [0.3, 0.4) is 0 Å². The lowest BCUT2D eigenvalue weighted by Gasteiger charge is -2.18. The van der Waals surface area contributed by atoms with Crippen molar-refractivity contribution in [3.05, 3.63) is 77.9 Å². The van der Waals surface area contributed by atoms with E-state index in [0.717, 1.165) is 36.9 Å². The highest BCUT2D eigenvalue weighted by atomic mass is 16.1. The number of amides is 1. The van der Waals surface area contributed by atoms with Gasteiger partial charge in [0.25, 0.3) is 0 Å². The first-order chi connectivity index (χ1) is 10.8. The van der Waals surface area contributed by atoms with Crippen molar-refractivity contribution in [3.8, 4) is 0 Å². The second-order valence-electron chi connectivity index (χ2n) is 5.79. The standard InChI is InChI=1S/C20H21NO/c22-20(17-11-5-2-6-12-17)21-19-14-8-7-13-18(19)15-16-9-3-1-4-10-16/h1-5,7-10,13-14,17H,6,11-12,15H2,(H,21,22)/t17-/m1/s1. The molecule has 1 atom stereocenters. The molecule has 1 aliphatic carbocycles. The first kappa shape index (κ1) is 14.6. The zero-order valence-corrected chi connectivity index (χ0v) is 12.7. The Hall–Kier alpha value is -2.35. The molecule has 0 heterocycles. The summed E-state index contributed by atoms with van der Waals surface area (Å²) in [7, 11) is 0. The molecule has 0 fully saturated rings. The highest BCUT2D eigenvalue weighted by molar-refractivity contribution is 5.93. The van der Waals surface area contributed by atoms with Gasteiger partial charge in [0.05, 0.1) is 0 Å². The van der Waals surface area contributed by atoms with Gasteiger partial charge in [0.1, 0.15) is 0 Å². The predicted molar refractivity (Wildman–Crippen MR) is 90.8 cm³/mol. The minimum atomic E-state index is 0.106. The van der Waals surface area contributed by atoms with E-state index in [1.807, 2.05) is 36.4 Å². The maximum Gasteiger partial charge on any atom is 0.227 e. The smallest absolute Gasteiger partial charge is 0.227 e. The highest BCUT2D eigenvalue weighted by Gasteiger charge is 2.19. The molecule has 0 aromatic heterocycles. The number of benzene rings is 2. The van der Waals surface area contributed by atoms with Crippen LogP contribution >= 0.6 is 0 Å². The van der Waals surface area contributed by atoms with Crippen molar-refractivity contribution in [3.63, 3.8) is 0 Å². The summed E-state index contributed by atoms with van der Waals surface area (Å²) in [5.74, 6) is 0.250. The van der Waals surface area contributed by atoms with Gasteiger partial charge in [0, 0.05) is 11.6 Å². The van der Waals surface area contributed by atoms with Gasteiger partial charge in [0.15, 0.2) is 0 Å². The highest BCUT2D eigenvalue weighted by Crippen LogP contribution is 2.23. The summed E-state index contributed by atoms with van der Waals surface area (Å²) in [6, 6.07) is 18.4. The Morgan fingerprint density at radius 3 is 2.55 bits per heavy atom. The number of hydrogen-bond donors (Lipinski definition) is 1. The van der Waals surface area contributed by atoms with Gasteiger partial charge in [-0.3, -0.25) is 4.79 Å². The molecule has 2 nitrogen and oxygen atoms in total. The van der Waals surface area contributed by atoms with Crippen LogP contribution in [0.4, 0.5) is 5.69 Å². The normalized spacial score (nSPS) is 17.2. The first-order valence-electron chi connectivity index (χ1n) is 7.90. The average molecular weight is 291 g/mol. The molecule has 0 aliphatic heterocycles. The first-order valence-corrected chi connectivity index (χ1v) is 7.90. The van der Waals surface area contributed by atoms with Crippen LogP contribution in [0.5, 0.6) is 0 Å². The lowest BCUT2D eigenvalue weighted by Crippen LogP contribution is -2.24. The molecule has 2 aromatic rings. The molecule has 1 aliphatic rings. The third-order valence-corrected chi connectivity index (χ3v) is 4.15. The van der Waals surface area contributed by atoms with Crippen LogP contribution in [0.25, 0.3) is 0 Å². The molecule has 0 unspecified atom stereocenters. The van der Waals surface area contributed by atoms with E-state index in [2.05, 4.69) is 35.7 Å². The fourth-order valence-electron chi connectivity index (χ4n) is 2.88. The number of rotatable bonds is 4. The van der Waals surface area contributed by atoms with Gasteiger partial charge >= 0.3 is 0 Å². The van der Waals surface area contributed by atoms with E-state index in [9.17, 15) is 4.79 Å². The number of para-hydroxylation sites is 1. The van der Waals surface area contributed by atoms with Crippen molar-refractivity contribution in [2.45, 2.75) is 25.7 Å². The van der Waals surface area contributed by atoms with Crippen LogP contribution in [-0.2, 0) is 11.2 Å². The third kappa shape index (κ3) is 3.64. The Labute approximate surface area is 131 Å². The van der Waals surface area contributed by atoms with Gasteiger partial charge in [-0.15, -0.1) is 0 Å². The summed E-state index contributed by atoms with van der Waals surface area (Å²) in [5.41, 5.74) is 3.35. The molecule has 22 heavy (non-hydrogen) atoms. The van der Waals surface area contributed by atoms with Gasteiger partial charge in [0.2, 0.25) is 5.91 Å². The molecular weight excluding hydrogens is 270 g/mol. The minimum absolute atomic E-state index is 0.106. The quantitative estimate of drug-likeness (QED) is 0.821. The van der Waals surface area contributed by atoms with E-state index >= 15 is 0 Å². The molecule has 3 rings (SSSR count). The van der Waals surface area contributed by atoms with Crippen molar-refractivity contribution in [2.75, 3.05) is 5.32 Å². The SMILES string of the molecule is O=C(Nc1ccccc1Cc1ccccc1)[C@@H]1CC=CCC1. The van der Waals surface area contributed by atoms with E-state index < -0.39 is 0 Å². The molecule has 2 heteroatoms. The fourth-order valence-corrected chi connectivity index (χ4v) is 2.88. The predicted octanol–water partition coefficient (Wildman–Crippen LogP) is 4.57. The molecule has 1 N–H and O–H groups in total. The Morgan fingerprint density at radius 2 is 1.77 bits per heavy atom. The number of hydrogen-bond acceptors (Lipinski definition) is 1. The van der Waals surface area contributed by atoms with Crippen molar-refractivity contribution in [2.24, 2.45) is 5.92 Å². The van der Waals surface area contributed by atoms with E-state index in [1.54, 1.807) is 0 Å². The van der Waals surface area contributed by atoms with Crippen LogP contribution < -0.4 is 5.32 Å². The Morgan fingerprint density at radius 1 is 1.00 bits per heavy atom. The minimum Gasteiger partial charge on any atom is -0.326 e. The molecule has 0 radical (unpaired) electrons. The number of carbonyl (C=O) groups excluding carboxylic acids is 1. The fraction of sp³-hybridized carbons (Fsp3) is 0.250. The zero-order chi connectivity index (χ0) is 15.2. The van der Waals surface area contributed by atoms with E-state index in [4.69, 9.17) is 0 Å². The van der Waals surface area contributed by atoms with E-state index in [0.29, 0.717) is 0 Å². The number of allylic oxidation sites excluding steroid dienone is 2. The van der Waals surface area contributed by atoms with Crippen LogP contribution in [0.2, 0.25) is 0 Å². The monoisotopic (exact) mass is 291 g/mol. The van der Waals surface area contributed by atoms with Crippen LogP contribution in [0.15, 0.2) is 66.7 Å². The van der Waals surface area contributed by atoms with Gasteiger partial charge in [-0.1, -0.05) is 60.7 Å². The lowest BCUT2D eigenvalue weighted by molar-refractivity contribution is -0.120. The van der Waals surface area contributed by atoms with Crippen molar-refractivity contribution in [1.82, 2.24) is 0 Å². The van der Waals surface area contributed by atoms with Crippen LogP contribution in [0, 0.1) is 5.92 Å². The second kappa shape index (κ2) is 7.08. The number of anilines is 1. The Balaban J connectivity index is 1.73. The van der Waals surface area contributed by atoms with Gasteiger partial charge in [-0.25, -0.2) is 0 Å². The second-order valence-corrected chi connectivity index (χ2v) is 5.79. The summed E-state index contributed by atoms with van der Waals surface area (Å²) in [5, 5.41) is 3.13.